The number of nitrogens with one attached hydrogen (secondary N) is 2. The molecule has 1 fully saturated rings. The Morgan fingerprint density at radius 3 is 2.24 bits per heavy atom. The number of carbonyl (C=O) groups is 1. The predicted molar refractivity (Wildman–Crippen MR) is 68.1 cm³/mol. The number of hydrogen-bond donors (Lipinski definition) is 2. The van der Waals surface area contributed by atoms with E-state index in [1.54, 1.807) is 0 Å². The second kappa shape index (κ2) is 5.89. The maximum atomic E-state index is 11.6. The van der Waals surface area contributed by atoms with Gasteiger partial charge < -0.3 is 15.5 Å². The second-order valence-corrected chi connectivity index (χ2v) is 5.48. The molecular formula is C12H23N3O2. The van der Waals surface area contributed by atoms with E-state index in [1.165, 1.54) is 0 Å². The molecule has 0 saturated heterocycles. The van der Waals surface area contributed by atoms with Crippen molar-refractivity contribution in [2.75, 3.05) is 0 Å². The summed E-state index contributed by atoms with van der Waals surface area (Å²) in [5, 5.41) is 6.58. The summed E-state index contributed by atoms with van der Waals surface area (Å²) in [5.41, 5.74) is 2.53. The third-order valence-corrected chi connectivity index (χ3v) is 2.72. The molecule has 0 bridgehead atoms. The molecule has 0 atom stereocenters. The van der Waals surface area contributed by atoms with Crippen LogP contribution in [0.25, 0.3) is 0 Å². The molecule has 2 N–H and O–H groups in total. The van der Waals surface area contributed by atoms with E-state index in [9.17, 15) is 4.79 Å². The standard InChI is InChI=1S/C12H23N3O2/c1-12(2,3)17-11(16)14-9-5-7-10(8-6-9)15-13-4/h9-10,15H,4-8H2,1-3H3,(H,14,16)/t9-,10+. The van der Waals surface area contributed by atoms with Gasteiger partial charge in [-0.15, -0.1) is 0 Å². The van der Waals surface area contributed by atoms with Crippen LogP contribution in [0.5, 0.6) is 0 Å². The van der Waals surface area contributed by atoms with Gasteiger partial charge in [-0.3, -0.25) is 0 Å². The molecule has 0 aliphatic heterocycles. The highest BCUT2D eigenvalue weighted by Crippen LogP contribution is 2.19. The van der Waals surface area contributed by atoms with Gasteiger partial charge in [-0.05, 0) is 46.5 Å². The predicted octanol–water partition coefficient (Wildman–Crippen LogP) is 2.03. The van der Waals surface area contributed by atoms with Gasteiger partial charge in [-0.25, -0.2) is 4.79 Å². The Morgan fingerprint density at radius 2 is 1.76 bits per heavy atom. The third-order valence-electron chi connectivity index (χ3n) is 2.72. The molecule has 0 aromatic rings. The highest BCUT2D eigenvalue weighted by atomic mass is 16.6. The Labute approximate surface area is 103 Å². The Hall–Kier alpha value is -1.26. The number of carbonyl (C=O) groups excluding carboxylic acids is 1. The summed E-state index contributed by atoms with van der Waals surface area (Å²) in [6, 6.07) is 0.608. The molecule has 1 rings (SSSR count). The fourth-order valence-corrected chi connectivity index (χ4v) is 1.97. The molecule has 0 unspecified atom stereocenters. The largest absolute Gasteiger partial charge is 0.444 e. The van der Waals surface area contributed by atoms with Crippen molar-refractivity contribution in [3.8, 4) is 0 Å². The number of amides is 1. The zero-order valence-electron chi connectivity index (χ0n) is 11.0. The maximum Gasteiger partial charge on any atom is 0.407 e. The molecule has 0 aromatic heterocycles. The molecular weight excluding hydrogens is 218 g/mol. The minimum atomic E-state index is -0.435. The van der Waals surface area contributed by atoms with Crippen LogP contribution in [0.3, 0.4) is 0 Å². The van der Waals surface area contributed by atoms with Crippen molar-refractivity contribution in [1.82, 2.24) is 10.7 Å². The molecule has 0 heterocycles. The molecule has 0 spiro atoms. The van der Waals surface area contributed by atoms with Gasteiger partial charge in [-0.2, -0.15) is 5.10 Å². The first-order chi connectivity index (χ1) is 7.90. The summed E-state index contributed by atoms with van der Waals surface area (Å²) in [6.07, 6.45) is 3.58. The van der Waals surface area contributed by atoms with Crippen molar-refractivity contribution in [2.45, 2.75) is 64.1 Å². The van der Waals surface area contributed by atoms with Crippen LogP contribution in [0.4, 0.5) is 4.79 Å². The minimum Gasteiger partial charge on any atom is -0.444 e. The lowest BCUT2D eigenvalue weighted by Crippen LogP contribution is -2.43. The smallest absolute Gasteiger partial charge is 0.407 e. The number of alkyl carbamates (subject to hydrolysis) is 1. The van der Waals surface area contributed by atoms with Crippen LogP contribution in [0.15, 0.2) is 5.10 Å². The normalized spacial score (nSPS) is 24.9. The fraction of sp³-hybridized carbons (Fsp3) is 0.833. The number of hydrazone groups is 1. The molecule has 1 saturated carbocycles. The fourth-order valence-electron chi connectivity index (χ4n) is 1.97. The van der Waals surface area contributed by atoms with Crippen molar-refractivity contribution in [3.05, 3.63) is 0 Å². The lowest BCUT2D eigenvalue weighted by Gasteiger charge is -2.29. The number of nitrogens with zero attached hydrogens (tertiary/aromatic N) is 1. The third kappa shape index (κ3) is 5.56. The second-order valence-electron chi connectivity index (χ2n) is 5.48. The first kappa shape index (κ1) is 13.8. The van der Waals surface area contributed by atoms with Gasteiger partial charge in [0.1, 0.15) is 5.60 Å². The van der Waals surface area contributed by atoms with E-state index in [0.717, 1.165) is 25.7 Å². The van der Waals surface area contributed by atoms with Gasteiger partial charge in [0, 0.05) is 18.8 Å². The molecule has 1 aliphatic carbocycles. The van der Waals surface area contributed by atoms with E-state index >= 15 is 0 Å². The number of ether oxygens (including phenoxy) is 1. The van der Waals surface area contributed by atoms with Crippen molar-refractivity contribution < 1.29 is 9.53 Å². The van der Waals surface area contributed by atoms with E-state index in [2.05, 4.69) is 22.6 Å². The van der Waals surface area contributed by atoms with Crippen LogP contribution in [-0.4, -0.2) is 30.5 Å². The molecule has 1 aliphatic rings. The number of hydrogen-bond acceptors (Lipinski definition) is 4. The quantitative estimate of drug-likeness (QED) is 0.587. The van der Waals surface area contributed by atoms with Crippen molar-refractivity contribution >= 4 is 12.8 Å². The summed E-state index contributed by atoms with van der Waals surface area (Å²) in [5.74, 6) is 0. The van der Waals surface area contributed by atoms with E-state index in [-0.39, 0.29) is 12.1 Å². The maximum absolute atomic E-state index is 11.6. The zero-order chi connectivity index (χ0) is 12.9. The molecule has 5 nitrogen and oxygen atoms in total. The van der Waals surface area contributed by atoms with Gasteiger partial charge in [0.05, 0.1) is 0 Å². The van der Waals surface area contributed by atoms with Crippen LogP contribution < -0.4 is 10.7 Å². The Bertz CT molecular complexity index is 265. The van der Waals surface area contributed by atoms with Gasteiger partial charge >= 0.3 is 6.09 Å². The van der Waals surface area contributed by atoms with Crippen molar-refractivity contribution in [2.24, 2.45) is 5.10 Å². The van der Waals surface area contributed by atoms with Crippen molar-refractivity contribution in [3.63, 3.8) is 0 Å². The van der Waals surface area contributed by atoms with Crippen molar-refractivity contribution in [1.29, 1.82) is 0 Å². The topological polar surface area (TPSA) is 62.7 Å². The molecule has 5 heteroatoms. The lowest BCUT2D eigenvalue weighted by atomic mass is 9.92. The lowest BCUT2D eigenvalue weighted by molar-refractivity contribution is 0.0490. The average molecular weight is 241 g/mol. The molecule has 0 aromatic carbocycles. The van der Waals surface area contributed by atoms with E-state index in [4.69, 9.17) is 4.74 Å². The van der Waals surface area contributed by atoms with Gasteiger partial charge in [0.15, 0.2) is 0 Å². The Kier molecular flexibility index (Phi) is 4.78. The van der Waals surface area contributed by atoms with Gasteiger partial charge in [0.2, 0.25) is 0 Å². The number of rotatable bonds is 3. The molecule has 0 radical (unpaired) electrons. The van der Waals surface area contributed by atoms with Gasteiger partial charge in [-0.1, -0.05) is 0 Å². The first-order valence-corrected chi connectivity index (χ1v) is 6.11. The van der Waals surface area contributed by atoms with E-state index in [1.807, 2.05) is 20.8 Å². The van der Waals surface area contributed by atoms with E-state index in [0.29, 0.717) is 6.04 Å². The molecule has 98 valence electrons. The van der Waals surface area contributed by atoms with Crippen LogP contribution in [0.1, 0.15) is 46.5 Å². The first-order valence-electron chi connectivity index (χ1n) is 6.11. The highest BCUT2D eigenvalue weighted by Gasteiger charge is 2.24. The van der Waals surface area contributed by atoms with Crippen LogP contribution >= 0.6 is 0 Å². The summed E-state index contributed by atoms with van der Waals surface area (Å²) in [6.45, 7) is 9.00. The van der Waals surface area contributed by atoms with Gasteiger partial charge in [0.25, 0.3) is 0 Å². The van der Waals surface area contributed by atoms with Crippen LogP contribution in [0.2, 0.25) is 0 Å². The monoisotopic (exact) mass is 241 g/mol. The summed E-state index contributed by atoms with van der Waals surface area (Å²) in [4.78, 5) is 11.6. The van der Waals surface area contributed by atoms with Crippen LogP contribution in [0, 0.1) is 0 Å². The Balaban J connectivity index is 2.26. The zero-order valence-corrected chi connectivity index (χ0v) is 11.0. The highest BCUT2D eigenvalue weighted by molar-refractivity contribution is 5.68. The summed E-state index contributed by atoms with van der Waals surface area (Å²) < 4.78 is 5.22. The summed E-state index contributed by atoms with van der Waals surface area (Å²) >= 11 is 0. The average Bonchev–Trinajstić information content (AvgIpc) is 2.18. The minimum absolute atomic E-state index is 0.215. The Morgan fingerprint density at radius 1 is 1.24 bits per heavy atom. The molecule has 17 heavy (non-hydrogen) atoms. The summed E-state index contributed by atoms with van der Waals surface area (Å²) in [7, 11) is 0. The molecule has 1 amide bonds. The van der Waals surface area contributed by atoms with E-state index < -0.39 is 5.60 Å². The SMILES string of the molecule is C=NN[C@H]1CC[C@@H](NC(=O)OC(C)(C)C)CC1. The van der Waals surface area contributed by atoms with Crippen LogP contribution in [-0.2, 0) is 4.74 Å².